The van der Waals surface area contributed by atoms with Crippen molar-refractivity contribution in [2.75, 3.05) is 50.0 Å². The van der Waals surface area contributed by atoms with Gasteiger partial charge in [0.2, 0.25) is 5.95 Å². The zero-order chi connectivity index (χ0) is 26.5. The highest BCUT2D eigenvalue weighted by atomic mass is 16.5. The standard InChI is InChI=1S/C29H31N5O4/c1-19-6-7-21(28(37)32-25-4-2-5-26(35)27(25)36)17-23(19)20-8-9-24-22(16-20)18-31-29(33-24)30-10-3-11-34-12-14-38-15-13-34/h2,4-9,16-18,35-36H,3,10-15H2,1H3,(H,32,37)(H,30,31,33). The van der Waals surface area contributed by atoms with Gasteiger partial charge in [0, 0.05) is 36.8 Å². The van der Waals surface area contributed by atoms with Gasteiger partial charge in [0.05, 0.1) is 24.4 Å². The Hall–Kier alpha value is -4.21. The van der Waals surface area contributed by atoms with E-state index in [4.69, 9.17) is 4.74 Å². The van der Waals surface area contributed by atoms with Gasteiger partial charge in [0.25, 0.3) is 5.91 Å². The Labute approximate surface area is 221 Å². The van der Waals surface area contributed by atoms with Gasteiger partial charge in [-0.25, -0.2) is 9.97 Å². The Balaban J connectivity index is 1.28. The maximum atomic E-state index is 12.9. The quantitative estimate of drug-likeness (QED) is 0.202. The molecule has 1 aromatic heterocycles. The minimum absolute atomic E-state index is 0.144. The number of morpholine rings is 1. The van der Waals surface area contributed by atoms with Crippen LogP contribution in [0.15, 0.2) is 60.8 Å². The lowest BCUT2D eigenvalue weighted by molar-refractivity contribution is 0.0378. The van der Waals surface area contributed by atoms with Crippen LogP contribution < -0.4 is 10.6 Å². The van der Waals surface area contributed by atoms with Gasteiger partial charge in [-0.2, -0.15) is 0 Å². The second-order valence-electron chi connectivity index (χ2n) is 9.36. The molecule has 9 nitrogen and oxygen atoms in total. The molecule has 0 spiro atoms. The van der Waals surface area contributed by atoms with Crippen molar-refractivity contribution in [1.82, 2.24) is 14.9 Å². The number of benzene rings is 3. The van der Waals surface area contributed by atoms with Crippen molar-refractivity contribution in [3.8, 4) is 22.6 Å². The highest BCUT2D eigenvalue weighted by molar-refractivity contribution is 6.06. The van der Waals surface area contributed by atoms with Crippen molar-refractivity contribution in [2.45, 2.75) is 13.3 Å². The van der Waals surface area contributed by atoms with E-state index >= 15 is 0 Å². The summed E-state index contributed by atoms with van der Waals surface area (Å²) in [6.45, 7) is 7.41. The molecule has 5 rings (SSSR count). The van der Waals surface area contributed by atoms with E-state index in [9.17, 15) is 15.0 Å². The number of phenolic OH excluding ortho intramolecular Hbond substituents is 2. The first-order valence-corrected chi connectivity index (χ1v) is 12.7. The summed E-state index contributed by atoms with van der Waals surface area (Å²) in [7, 11) is 0. The number of carbonyl (C=O) groups excluding carboxylic acids is 1. The molecule has 1 aliphatic heterocycles. The molecule has 38 heavy (non-hydrogen) atoms. The third-order valence-electron chi connectivity index (χ3n) is 6.69. The Morgan fingerprint density at radius 2 is 1.92 bits per heavy atom. The van der Waals surface area contributed by atoms with Gasteiger partial charge in [0.15, 0.2) is 11.5 Å². The number of anilines is 2. The Kier molecular flexibility index (Phi) is 7.67. The average Bonchev–Trinajstić information content (AvgIpc) is 2.94. The summed E-state index contributed by atoms with van der Waals surface area (Å²) in [4.78, 5) is 24.4. The largest absolute Gasteiger partial charge is 0.504 e. The molecule has 2 heterocycles. The van der Waals surface area contributed by atoms with E-state index in [1.165, 1.54) is 12.1 Å². The van der Waals surface area contributed by atoms with Crippen LogP contribution in [-0.2, 0) is 4.74 Å². The number of para-hydroxylation sites is 1. The van der Waals surface area contributed by atoms with Gasteiger partial charge >= 0.3 is 0 Å². The molecule has 196 valence electrons. The molecule has 0 bridgehead atoms. The third kappa shape index (κ3) is 5.85. The average molecular weight is 514 g/mol. The lowest BCUT2D eigenvalue weighted by Crippen LogP contribution is -2.37. The number of fused-ring (bicyclic) bond motifs is 1. The van der Waals surface area contributed by atoms with Crippen LogP contribution >= 0.6 is 0 Å². The monoisotopic (exact) mass is 513 g/mol. The van der Waals surface area contributed by atoms with E-state index in [1.54, 1.807) is 12.1 Å². The van der Waals surface area contributed by atoms with Crippen molar-refractivity contribution < 1.29 is 19.7 Å². The highest BCUT2D eigenvalue weighted by Crippen LogP contribution is 2.33. The summed E-state index contributed by atoms with van der Waals surface area (Å²) in [5, 5.41) is 26.6. The zero-order valence-corrected chi connectivity index (χ0v) is 21.3. The number of hydrogen-bond donors (Lipinski definition) is 4. The number of aromatic hydroxyl groups is 2. The summed E-state index contributed by atoms with van der Waals surface area (Å²) in [5.41, 5.74) is 4.28. The fraction of sp³-hybridized carbons (Fsp3) is 0.276. The molecule has 0 atom stereocenters. The molecule has 1 amide bonds. The van der Waals surface area contributed by atoms with Crippen LogP contribution in [0.3, 0.4) is 0 Å². The summed E-state index contributed by atoms with van der Waals surface area (Å²) >= 11 is 0. The number of aryl methyl sites for hydroxylation is 1. The topological polar surface area (TPSA) is 120 Å². The lowest BCUT2D eigenvalue weighted by Gasteiger charge is -2.26. The van der Waals surface area contributed by atoms with Crippen molar-refractivity contribution in [3.63, 3.8) is 0 Å². The number of hydrogen-bond acceptors (Lipinski definition) is 8. The van der Waals surface area contributed by atoms with E-state index in [0.29, 0.717) is 11.5 Å². The molecular weight excluding hydrogens is 482 g/mol. The van der Waals surface area contributed by atoms with Crippen LogP contribution in [0.2, 0.25) is 0 Å². The molecule has 0 aliphatic carbocycles. The predicted octanol–water partition coefficient (Wildman–Crippen LogP) is 4.40. The first-order valence-electron chi connectivity index (χ1n) is 12.7. The molecular formula is C29H31N5O4. The number of amides is 1. The van der Waals surface area contributed by atoms with Gasteiger partial charge in [-0.05, 0) is 73.0 Å². The van der Waals surface area contributed by atoms with Gasteiger partial charge in [-0.3, -0.25) is 9.69 Å². The first-order chi connectivity index (χ1) is 18.5. The Morgan fingerprint density at radius 1 is 1.08 bits per heavy atom. The van der Waals surface area contributed by atoms with Crippen molar-refractivity contribution in [2.24, 2.45) is 0 Å². The van der Waals surface area contributed by atoms with Gasteiger partial charge in [0.1, 0.15) is 0 Å². The number of carbonyl (C=O) groups is 1. The van der Waals surface area contributed by atoms with E-state index < -0.39 is 0 Å². The normalized spacial score (nSPS) is 13.9. The molecule has 4 aromatic rings. The summed E-state index contributed by atoms with van der Waals surface area (Å²) in [6, 6.07) is 15.8. The van der Waals surface area contributed by atoms with Crippen molar-refractivity contribution in [1.29, 1.82) is 0 Å². The summed E-state index contributed by atoms with van der Waals surface area (Å²) < 4.78 is 5.39. The number of nitrogens with zero attached hydrogens (tertiary/aromatic N) is 3. The number of rotatable bonds is 8. The number of phenols is 2. The van der Waals surface area contributed by atoms with Gasteiger partial charge in [-0.15, -0.1) is 0 Å². The molecule has 4 N–H and O–H groups in total. The molecule has 0 saturated carbocycles. The smallest absolute Gasteiger partial charge is 0.255 e. The number of aromatic nitrogens is 2. The minimum Gasteiger partial charge on any atom is -0.504 e. The second-order valence-corrected chi connectivity index (χ2v) is 9.36. The second kappa shape index (κ2) is 11.5. The fourth-order valence-corrected chi connectivity index (χ4v) is 4.51. The molecule has 0 radical (unpaired) electrons. The first kappa shape index (κ1) is 25.4. The van der Waals surface area contributed by atoms with Crippen molar-refractivity contribution >= 4 is 28.4 Å². The summed E-state index contributed by atoms with van der Waals surface area (Å²) in [5.74, 6) is -0.441. The van der Waals surface area contributed by atoms with Crippen LogP contribution in [-0.4, -0.2) is 70.4 Å². The van der Waals surface area contributed by atoms with Crippen LogP contribution in [0, 0.1) is 6.92 Å². The molecule has 1 fully saturated rings. The molecule has 0 unspecified atom stereocenters. The van der Waals surface area contributed by atoms with Crippen LogP contribution in [0.1, 0.15) is 22.3 Å². The van der Waals surface area contributed by atoms with Crippen LogP contribution in [0.4, 0.5) is 11.6 Å². The van der Waals surface area contributed by atoms with Crippen LogP contribution in [0.5, 0.6) is 11.5 Å². The summed E-state index contributed by atoms with van der Waals surface area (Å²) in [6.07, 6.45) is 2.82. The molecule has 1 aliphatic rings. The SMILES string of the molecule is Cc1ccc(C(=O)Nc2cccc(O)c2O)cc1-c1ccc2nc(NCCCN3CCOCC3)ncc2c1. The maximum absolute atomic E-state index is 12.9. The van der Waals surface area contributed by atoms with Gasteiger partial charge in [-0.1, -0.05) is 18.2 Å². The third-order valence-corrected chi connectivity index (χ3v) is 6.69. The maximum Gasteiger partial charge on any atom is 0.255 e. The van der Waals surface area contributed by atoms with E-state index in [1.807, 2.05) is 43.5 Å². The van der Waals surface area contributed by atoms with Crippen molar-refractivity contribution in [3.05, 3.63) is 71.9 Å². The Morgan fingerprint density at radius 3 is 2.76 bits per heavy atom. The fourth-order valence-electron chi connectivity index (χ4n) is 4.51. The molecule has 3 aromatic carbocycles. The van der Waals surface area contributed by atoms with E-state index in [-0.39, 0.29) is 23.1 Å². The number of ether oxygens (including phenoxy) is 1. The highest BCUT2D eigenvalue weighted by Gasteiger charge is 2.14. The zero-order valence-electron chi connectivity index (χ0n) is 21.3. The number of nitrogens with one attached hydrogen (secondary N) is 2. The molecule has 9 heteroatoms. The Bertz CT molecular complexity index is 1450. The minimum atomic E-state index is -0.388. The molecule has 1 saturated heterocycles. The van der Waals surface area contributed by atoms with E-state index in [2.05, 4.69) is 25.5 Å². The lowest BCUT2D eigenvalue weighted by atomic mass is 9.97. The predicted molar refractivity (Wildman–Crippen MR) is 148 cm³/mol. The van der Waals surface area contributed by atoms with Gasteiger partial charge < -0.3 is 25.6 Å². The van der Waals surface area contributed by atoms with Crippen LogP contribution in [0.25, 0.3) is 22.0 Å². The van der Waals surface area contributed by atoms with E-state index in [0.717, 1.165) is 73.4 Å².